The predicted molar refractivity (Wildman–Crippen MR) is 67.8 cm³/mol. The van der Waals surface area contributed by atoms with Crippen LogP contribution in [0.1, 0.15) is 17.2 Å². The van der Waals surface area contributed by atoms with Crippen LogP contribution in [0.15, 0.2) is 18.2 Å². The van der Waals surface area contributed by atoms with Gasteiger partial charge in [0, 0.05) is 19.5 Å². The van der Waals surface area contributed by atoms with E-state index in [2.05, 4.69) is 11.9 Å². The predicted octanol–water partition coefficient (Wildman–Crippen LogP) is 0.986. The van der Waals surface area contributed by atoms with Gasteiger partial charge in [-0.05, 0) is 30.3 Å². The van der Waals surface area contributed by atoms with E-state index in [1.54, 1.807) is 0 Å². The number of ether oxygens (including phenoxy) is 2. The Morgan fingerprint density at radius 1 is 1.39 bits per heavy atom. The first-order valence-electron chi connectivity index (χ1n) is 6.48. The Morgan fingerprint density at radius 3 is 3.11 bits per heavy atom. The Morgan fingerprint density at radius 2 is 2.28 bits per heavy atom. The van der Waals surface area contributed by atoms with Gasteiger partial charge in [-0.1, -0.05) is 6.07 Å². The van der Waals surface area contributed by atoms with Crippen molar-refractivity contribution in [2.45, 2.75) is 18.6 Å². The van der Waals surface area contributed by atoms with Crippen LogP contribution in [0.5, 0.6) is 5.75 Å². The summed E-state index contributed by atoms with van der Waals surface area (Å²) in [5, 5.41) is 10.4. The average molecular weight is 249 g/mol. The highest BCUT2D eigenvalue weighted by molar-refractivity contribution is 5.40. The fourth-order valence-electron chi connectivity index (χ4n) is 2.61. The lowest BCUT2D eigenvalue weighted by Gasteiger charge is -2.33. The number of morpholine rings is 1. The van der Waals surface area contributed by atoms with E-state index in [-0.39, 0.29) is 6.10 Å². The third kappa shape index (κ3) is 2.23. The lowest BCUT2D eigenvalue weighted by Crippen LogP contribution is -2.42. The summed E-state index contributed by atoms with van der Waals surface area (Å²) in [5.41, 5.74) is 2.12. The second kappa shape index (κ2) is 4.88. The Bertz CT molecular complexity index is 435. The smallest absolute Gasteiger partial charge is 0.122 e. The molecule has 98 valence electrons. The Kier molecular flexibility index (Phi) is 3.24. The maximum Gasteiger partial charge on any atom is 0.122 e. The van der Waals surface area contributed by atoms with Gasteiger partial charge in [0.1, 0.15) is 18.0 Å². The van der Waals surface area contributed by atoms with Crippen LogP contribution in [0.2, 0.25) is 0 Å². The molecule has 0 aromatic heterocycles. The molecule has 0 aliphatic carbocycles. The van der Waals surface area contributed by atoms with Crippen molar-refractivity contribution in [1.82, 2.24) is 4.90 Å². The van der Waals surface area contributed by atoms with E-state index in [1.165, 1.54) is 5.56 Å². The number of hydrogen-bond donors (Lipinski definition) is 1. The van der Waals surface area contributed by atoms with Gasteiger partial charge in [-0.25, -0.2) is 0 Å². The zero-order valence-electron chi connectivity index (χ0n) is 10.6. The second-order valence-corrected chi connectivity index (χ2v) is 5.08. The molecule has 4 nitrogen and oxygen atoms in total. The van der Waals surface area contributed by atoms with Crippen molar-refractivity contribution in [1.29, 1.82) is 0 Å². The van der Waals surface area contributed by atoms with Crippen molar-refractivity contribution in [2.75, 3.05) is 33.4 Å². The number of fused-ring (bicyclic) bond motifs is 1. The van der Waals surface area contributed by atoms with Crippen LogP contribution in [-0.2, 0) is 11.2 Å². The van der Waals surface area contributed by atoms with E-state index >= 15 is 0 Å². The van der Waals surface area contributed by atoms with Gasteiger partial charge in [-0.3, -0.25) is 0 Å². The van der Waals surface area contributed by atoms with Crippen LogP contribution in [0, 0.1) is 0 Å². The fourth-order valence-corrected chi connectivity index (χ4v) is 2.61. The molecule has 0 bridgehead atoms. The molecule has 0 amide bonds. The molecule has 4 heteroatoms. The van der Waals surface area contributed by atoms with Crippen molar-refractivity contribution in [2.24, 2.45) is 0 Å². The number of aliphatic hydroxyl groups excluding tert-OH is 1. The minimum atomic E-state index is -0.557. The van der Waals surface area contributed by atoms with Crippen LogP contribution in [0.4, 0.5) is 0 Å². The molecule has 2 unspecified atom stereocenters. The van der Waals surface area contributed by atoms with Crippen molar-refractivity contribution < 1.29 is 14.6 Å². The minimum absolute atomic E-state index is 0.135. The van der Waals surface area contributed by atoms with Gasteiger partial charge in [0.2, 0.25) is 0 Å². The molecule has 0 spiro atoms. The summed E-state index contributed by atoms with van der Waals surface area (Å²) in [5.74, 6) is 0.952. The van der Waals surface area contributed by atoms with Crippen LogP contribution in [0.25, 0.3) is 0 Å². The third-order valence-electron chi connectivity index (χ3n) is 3.70. The molecule has 0 radical (unpaired) electrons. The van der Waals surface area contributed by atoms with E-state index in [1.807, 2.05) is 18.2 Å². The molecule has 3 rings (SSSR count). The lowest BCUT2D eigenvalue weighted by molar-refractivity contribution is -0.0844. The zero-order valence-corrected chi connectivity index (χ0v) is 10.6. The molecule has 2 aliphatic heterocycles. The Hall–Kier alpha value is -1.10. The highest BCUT2D eigenvalue weighted by Crippen LogP contribution is 2.30. The number of rotatable bonds is 2. The first-order valence-corrected chi connectivity index (χ1v) is 6.48. The molecule has 2 heterocycles. The fraction of sp³-hybridized carbons (Fsp3) is 0.571. The molecule has 0 saturated carbocycles. The van der Waals surface area contributed by atoms with Crippen molar-refractivity contribution in [3.8, 4) is 5.75 Å². The van der Waals surface area contributed by atoms with Gasteiger partial charge >= 0.3 is 0 Å². The largest absolute Gasteiger partial charge is 0.493 e. The number of likely N-dealkylation sites (N-methyl/N-ethyl adjacent to an activating group) is 1. The number of aliphatic hydroxyl groups is 1. The molecular formula is C14H19NO3. The lowest BCUT2D eigenvalue weighted by atomic mass is 10.00. The quantitative estimate of drug-likeness (QED) is 0.848. The van der Waals surface area contributed by atoms with E-state index in [0.29, 0.717) is 6.61 Å². The third-order valence-corrected chi connectivity index (χ3v) is 3.70. The number of hydrogen-bond acceptors (Lipinski definition) is 4. The second-order valence-electron chi connectivity index (χ2n) is 5.08. The Labute approximate surface area is 107 Å². The maximum absolute atomic E-state index is 10.4. The van der Waals surface area contributed by atoms with E-state index in [9.17, 15) is 5.11 Å². The van der Waals surface area contributed by atoms with Crippen molar-refractivity contribution >= 4 is 0 Å². The summed E-state index contributed by atoms with van der Waals surface area (Å²) in [6.07, 6.45) is 0.240. The summed E-state index contributed by atoms with van der Waals surface area (Å²) in [7, 11) is 2.05. The Balaban J connectivity index is 1.77. The number of benzene rings is 1. The average Bonchev–Trinajstić information content (AvgIpc) is 2.85. The highest BCUT2D eigenvalue weighted by atomic mass is 16.5. The first-order chi connectivity index (χ1) is 8.74. The first kappa shape index (κ1) is 12.0. The zero-order chi connectivity index (χ0) is 12.5. The highest BCUT2D eigenvalue weighted by Gasteiger charge is 2.27. The van der Waals surface area contributed by atoms with E-state index in [0.717, 1.165) is 37.4 Å². The summed E-state index contributed by atoms with van der Waals surface area (Å²) >= 11 is 0. The van der Waals surface area contributed by atoms with Crippen LogP contribution in [-0.4, -0.2) is 49.5 Å². The maximum atomic E-state index is 10.4. The number of nitrogens with zero attached hydrogens (tertiary/aromatic N) is 1. The standard InChI is InChI=1S/C14H19NO3/c1-15-5-7-18-13(9-15)14(16)11-2-3-12-10(8-11)4-6-17-12/h2-3,8,13-14,16H,4-7,9H2,1H3. The molecule has 18 heavy (non-hydrogen) atoms. The van der Waals surface area contributed by atoms with Crippen molar-refractivity contribution in [3.05, 3.63) is 29.3 Å². The molecule has 2 aliphatic rings. The van der Waals surface area contributed by atoms with Gasteiger partial charge in [0.05, 0.1) is 13.2 Å². The van der Waals surface area contributed by atoms with Gasteiger partial charge in [-0.2, -0.15) is 0 Å². The van der Waals surface area contributed by atoms with Gasteiger partial charge in [0.15, 0.2) is 0 Å². The minimum Gasteiger partial charge on any atom is -0.493 e. The van der Waals surface area contributed by atoms with Crippen LogP contribution in [0.3, 0.4) is 0 Å². The monoisotopic (exact) mass is 249 g/mol. The molecule has 1 aromatic carbocycles. The summed E-state index contributed by atoms with van der Waals surface area (Å²) < 4.78 is 11.1. The van der Waals surface area contributed by atoms with Gasteiger partial charge in [-0.15, -0.1) is 0 Å². The summed E-state index contributed by atoms with van der Waals surface area (Å²) in [6.45, 7) is 3.14. The SMILES string of the molecule is CN1CCOC(C(O)c2ccc3c(c2)CCO3)C1. The van der Waals surface area contributed by atoms with Gasteiger partial charge < -0.3 is 19.5 Å². The molecule has 1 saturated heterocycles. The van der Waals surface area contributed by atoms with Crippen molar-refractivity contribution in [3.63, 3.8) is 0 Å². The molecule has 2 atom stereocenters. The van der Waals surface area contributed by atoms with E-state index < -0.39 is 6.10 Å². The van der Waals surface area contributed by atoms with Crippen LogP contribution >= 0.6 is 0 Å². The topological polar surface area (TPSA) is 41.9 Å². The molecule has 1 fully saturated rings. The molecule has 1 N–H and O–H groups in total. The van der Waals surface area contributed by atoms with E-state index in [4.69, 9.17) is 9.47 Å². The molecular weight excluding hydrogens is 230 g/mol. The van der Waals surface area contributed by atoms with Gasteiger partial charge in [0.25, 0.3) is 0 Å². The summed E-state index contributed by atoms with van der Waals surface area (Å²) in [6, 6.07) is 5.94. The molecule has 1 aromatic rings. The normalized spacial score (nSPS) is 25.6. The summed E-state index contributed by atoms with van der Waals surface area (Å²) in [4.78, 5) is 2.19. The van der Waals surface area contributed by atoms with Crippen LogP contribution < -0.4 is 4.74 Å².